The van der Waals surface area contributed by atoms with Crippen molar-refractivity contribution in [2.24, 2.45) is 0 Å². The zero-order valence-corrected chi connectivity index (χ0v) is 20.4. The van der Waals surface area contributed by atoms with Gasteiger partial charge in [-0.25, -0.2) is 4.79 Å². The molecule has 3 aromatic heterocycles. The van der Waals surface area contributed by atoms with E-state index in [1.807, 2.05) is 41.9 Å². The molecule has 2 aliphatic carbocycles. The molecule has 5 heteroatoms. The third-order valence-corrected chi connectivity index (χ3v) is 8.79. The van der Waals surface area contributed by atoms with Crippen LogP contribution in [0.4, 0.5) is 0 Å². The van der Waals surface area contributed by atoms with Crippen LogP contribution in [0.5, 0.6) is 0 Å². The van der Waals surface area contributed by atoms with Gasteiger partial charge in [0.05, 0.1) is 11.3 Å². The second kappa shape index (κ2) is 7.95. The summed E-state index contributed by atoms with van der Waals surface area (Å²) in [6, 6.07) is 11.5. The summed E-state index contributed by atoms with van der Waals surface area (Å²) in [4.78, 5) is 18.8. The van der Waals surface area contributed by atoms with Crippen molar-refractivity contribution in [1.29, 1.82) is 0 Å². The van der Waals surface area contributed by atoms with E-state index in [1.165, 1.54) is 52.1 Å². The Morgan fingerprint density at radius 2 is 1.94 bits per heavy atom. The lowest BCUT2D eigenvalue weighted by Gasteiger charge is -2.32. The highest BCUT2D eigenvalue weighted by Gasteiger charge is 2.37. The van der Waals surface area contributed by atoms with E-state index < -0.39 is 5.97 Å². The fraction of sp³-hybridized carbons (Fsp3) is 0.310. The van der Waals surface area contributed by atoms with Crippen molar-refractivity contribution in [3.63, 3.8) is 0 Å². The molecule has 0 atom stereocenters. The normalized spacial score (nSPS) is 15.9. The van der Waals surface area contributed by atoms with Crippen molar-refractivity contribution in [2.45, 2.75) is 57.9 Å². The van der Waals surface area contributed by atoms with Gasteiger partial charge in [-0.1, -0.05) is 32.0 Å². The first-order valence-electron chi connectivity index (χ1n) is 12.0. The summed E-state index contributed by atoms with van der Waals surface area (Å²) in [7, 11) is 0. The predicted molar refractivity (Wildman–Crippen MR) is 137 cm³/mol. The molecule has 172 valence electrons. The number of hydrogen-bond acceptors (Lipinski definition) is 3. The second-order valence-corrected chi connectivity index (χ2v) is 11.4. The minimum absolute atomic E-state index is 0.180. The van der Waals surface area contributed by atoms with E-state index >= 15 is 0 Å². The van der Waals surface area contributed by atoms with Crippen molar-refractivity contribution in [1.82, 2.24) is 9.55 Å². The maximum absolute atomic E-state index is 11.4. The molecule has 1 N–H and O–H groups in total. The quantitative estimate of drug-likeness (QED) is 0.361. The first kappa shape index (κ1) is 21.4. The van der Waals surface area contributed by atoms with Crippen LogP contribution < -0.4 is 0 Å². The molecule has 0 amide bonds. The van der Waals surface area contributed by atoms with Crippen LogP contribution in [0, 0.1) is 0 Å². The molecule has 6 rings (SSSR count). The Morgan fingerprint density at radius 1 is 1.12 bits per heavy atom. The number of aromatic carboxylic acids is 1. The van der Waals surface area contributed by atoms with Gasteiger partial charge in [0.15, 0.2) is 0 Å². The average molecular weight is 469 g/mol. The largest absolute Gasteiger partial charge is 0.478 e. The van der Waals surface area contributed by atoms with Gasteiger partial charge in [0, 0.05) is 46.0 Å². The van der Waals surface area contributed by atoms with Gasteiger partial charge in [0.2, 0.25) is 0 Å². The number of nitrogens with zero attached hydrogens (tertiary/aromatic N) is 2. The smallest absolute Gasteiger partial charge is 0.335 e. The fourth-order valence-electron chi connectivity index (χ4n) is 5.90. The minimum atomic E-state index is -0.889. The SMILES string of the molecule is CC1(C)CCCc2sc3c(c21)-c1c(c(-c2ccc(C(=O)O)cc2)cn1Cc1cccnc1)CC3. The standard InChI is InChI=1S/C29H28N2O2S/c1-29(2)13-3-6-24-26(29)25-23(34-24)12-11-21-22(19-7-9-20(10-8-19)28(32)33)17-31(27(21)25)16-18-5-4-14-30-15-18/h4-5,7-10,14-15,17H,3,6,11-13,16H2,1-2H3,(H,32,33). The third-order valence-electron chi connectivity index (χ3n) is 7.48. The third kappa shape index (κ3) is 3.41. The van der Waals surface area contributed by atoms with E-state index in [1.54, 1.807) is 22.6 Å². The number of benzene rings is 1. The van der Waals surface area contributed by atoms with E-state index in [4.69, 9.17) is 0 Å². The van der Waals surface area contributed by atoms with Gasteiger partial charge >= 0.3 is 5.97 Å². The maximum Gasteiger partial charge on any atom is 0.335 e. The monoisotopic (exact) mass is 468 g/mol. The van der Waals surface area contributed by atoms with Gasteiger partial charge < -0.3 is 9.67 Å². The number of fused-ring (bicyclic) bond motifs is 5. The molecule has 4 nitrogen and oxygen atoms in total. The molecule has 4 aromatic rings. The fourth-order valence-corrected chi connectivity index (χ4v) is 7.43. The van der Waals surface area contributed by atoms with Gasteiger partial charge in [-0.15, -0.1) is 11.3 Å². The van der Waals surface area contributed by atoms with E-state index in [2.05, 4.69) is 35.7 Å². The van der Waals surface area contributed by atoms with Crippen LogP contribution in [0.15, 0.2) is 55.0 Å². The Bertz CT molecular complexity index is 1390. The van der Waals surface area contributed by atoms with E-state index in [-0.39, 0.29) is 5.41 Å². The Hall–Kier alpha value is -3.18. The van der Waals surface area contributed by atoms with Crippen LogP contribution in [-0.2, 0) is 31.2 Å². The molecule has 0 fully saturated rings. The average Bonchev–Trinajstić information content (AvgIpc) is 3.38. The van der Waals surface area contributed by atoms with Crippen LogP contribution in [0.3, 0.4) is 0 Å². The first-order valence-corrected chi connectivity index (χ1v) is 12.8. The lowest BCUT2D eigenvalue weighted by atomic mass is 9.72. The summed E-state index contributed by atoms with van der Waals surface area (Å²) >= 11 is 2.04. The summed E-state index contributed by atoms with van der Waals surface area (Å²) in [5.41, 5.74) is 9.77. The molecule has 0 unspecified atom stereocenters. The van der Waals surface area contributed by atoms with Crippen molar-refractivity contribution in [2.75, 3.05) is 0 Å². The molecule has 1 aromatic carbocycles. The number of carboxylic acid groups (broad SMARTS) is 1. The number of pyridine rings is 1. The molecule has 3 heterocycles. The Balaban J connectivity index is 1.57. The van der Waals surface area contributed by atoms with Gasteiger partial charge in [-0.3, -0.25) is 4.98 Å². The first-order chi connectivity index (χ1) is 16.4. The van der Waals surface area contributed by atoms with E-state index in [0.717, 1.165) is 24.9 Å². The lowest BCUT2D eigenvalue weighted by molar-refractivity contribution is 0.0697. The predicted octanol–water partition coefficient (Wildman–Crippen LogP) is 6.74. The summed E-state index contributed by atoms with van der Waals surface area (Å²) in [6.45, 7) is 5.59. The number of rotatable bonds is 4. The number of hydrogen-bond donors (Lipinski definition) is 1. The van der Waals surface area contributed by atoms with Crippen molar-refractivity contribution in [3.05, 3.63) is 87.0 Å². The summed E-state index contributed by atoms with van der Waals surface area (Å²) < 4.78 is 2.42. The molecule has 0 spiro atoms. The Labute approximate surface area is 203 Å². The molecule has 0 aliphatic heterocycles. The molecule has 34 heavy (non-hydrogen) atoms. The van der Waals surface area contributed by atoms with Crippen molar-refractivity contribution >= 4 is 17.3 Å². The number of aromatic nitrogens is 2. The van der Waals surface area contributed by atoms with Gasteiger partial charge in [-0.2, -0.15) is 0 Å². The lowest BCUT2D eigenvalue weighted by Crippen LogP contribution is -2.24. The number of carbonyl (C=O) groups is 1. The zero-order valence-electron chi connectivity index (χ0n) is 19.6. The summed E-state index contributed by atoms with van der Waals surface area (Å²) in [5.74, 6) is -0.889. The molecule has 2 aliphatic rings. The molecule has 0 saturated heterocycles. The molecular formula is C29H28N2O2S. The van der Waals surface area contributed by atoms with Crippen molar-refractivity contribution < 1.29 is 9.90 Å². The van der Waals surface area contributed by atoms with Gasteiger partial charge in [0.25, 0.3) is 0 Å². The second-order valence-electron chi connectivity index (χ2n) is 10.2. The highest BCUT2D eigenvalue weighted by Crippen LogP contribution is 2.52. The minimum Gasteiger partial charge on any atom is -0.478 e. The molecular weight excluding hydrogens is 440 g/mol. The Kier molecular flexibility index (Phi) is 4.99. The highest BCUT2D eigenvalue weighted by atomic mass is 32.1. The number of carboxylic acids is 1. The summed E-state index contributed by atoms with van der Waals surface area (Å²) in [6.07, 6.45) is 11.8. The van der Waals surface area contributed by atoms with E-state index in [9.17, 15) is 9.90 Å². The highest BCUT2D eigenvalue weighted by molar-refractivity contribution is 7.12. The number of aryl methyl sites for hydroxylation is 2. The molecule has 0 saturated carbocycles. The summed E-state index contributed by atoms with van der Waals surface area (Å²) in [5, 5.41) is 9.34. The topological polar surface area (TPSA) is 55.1 Å². The van der Waals surface area contributed by atoms with Crippen LogP contribution in [-0.4, -0.2) is 20.6 Å². The van der Waals surface area contributed by atoms with Crippen LogP contribution in [0.25, 0.3) is 22.4 Å². The zero-order chi connectivity index (χ0) is 23.4. The van der Waals surface area contributed by atoms with Gasteiger partial charge in [0.1, 0.15) is 0 Å². The van der Waals surface area contributed by atoms with E-state index in [0.29, 0.717) is 5.56 Å². The number of thiophene rings is 1. The molecule has 0 bridgehead atoms. The molecule has 0 radical (unpaired) electrons. The van der Waals surface area contributed by atoms with Gasteiger partial charge in [-0.05, 0) is 78.0 Å². The van der Waals surface area contributed by atoms with Crippen LogP contribution >= 0.6 is 11.3 Å². The van der Waals surface area contributed by atoms with Crippen molar-refractivity contribution in [3.8, 4) is 22.4 Å². The van der Waals surface area contributed by atoms with Crippen LogP contribution in [0.1, 0.15) is 63.5 Å². The Morgan fingerprint density at radius 3 is 2.68 bits per heavy atom. The maximum atomic E-state index is 11.4. The van der Waals surface area contributed by atoms with Crippen LogP contribution in [0.2, 0.25) is 0 Å².